The maximum atomic E-state index is 12.2. The van der Waals surface area contributed by atoms with Crippen LogP contribution in [0.5, 0.6) is 5.75 Å². The third kappa shape index (κ3) is 3.84. The predicted molar refractivity (Wildman–Crippen MR) is 78.2 cm³/mol. The van der Waals surface area contributed by atoms with E-state index in [0.717, 1.165) is 0 Å². The first-order valence-corrected chi connectivity index (χ1v) is 6.49. The van der Waals surface area contributed by atoms with Crippen molar-refractivity contribution in [3.8, 4) is 5.75 Å². The summed E-state index contributed by atoms with van der Waals surface area (Å²) in [5.74, 6) is -0.331. The molecule has 0 spiro atoms. The molecule has 1 atom stereocenters. The summed E-state index contributed by atoms with van der Waals surface area (Å²) in [7, 11) is 6.19. The van der Waals surface area contributed by atoms with Crippen molar-refractivity contribution in [1.29, 1.82) is 0 Å². The molecule has 0 aliphatic rings. The number of carbonyl (C=O) groups is 2. The van der Waals surface area contributed by atoms with Crippen LogP contribution in [0.15, 0.2) is 23.1 Å². The monoisotopic (exact) mass is 295 g/mol. The van der Waals surface area contributed by atoms with Crippen molar-refractivity contribution in [2.45, 2.75) is 19.5 Å². The number of aromatic nitrogens is 1. The summed E-state index contributed by atoms with van der Waals surface area (Å²) in [5, 5.41) is 0. The lowest BCUT2D eigenvalue weighted by Crippen LogP contribution is -2.47. The maximum Gasteiger partial charge on any atom is 0.293 e. The summed E-state index contributed by atoms with van der Waals surface area (Å²) in [6.45, 7) is 1.51. The molecule has 0 aliphatic carbocycles. The van der Waals surface area contributed by atoms with Crippen LogP contribution in [0.3, 0.4) is 0 Å². The molecule has 1 heterocycles. The molecule has 1 rings (SSSR count). The fourth-order valence-electron chi connectivity index (χ4n) is 1.81. The topological polar surface area (TPSA) is 71.8 Å². The zero-order chi connectivity index (χ0) is 16.2. The highest BCUT2D eigenvalue weighted by Gasteiger charge is 2.24. The van der Waals surface area contributed by atoms with Crippen LogP contribution >= 0.6 is 0 Å². The van der Waals surface area contributed by atoms with Crippen molar-refractivity contribution in [1.82, 2.24) is 14.4 Å². The Balaban J connectivity index is 2.87. The molecule has 7 nitrogen and oxygen atoms in total. The Morgan fingerprint density at radius 2 is 1.95 bits per heavy atom. The van der Waals surface area contributed by atoms with Crippen LogP contribution in [-0.2, 0) is 16.1 Å². The molecule has 0 fully saturated rings. The summed E-state index contributed by atoms with van der Waals surface area (Å²) in [6.07, 6.45) is 1.51. The second-order valence-electron chi connectivity index (χ2n) is 4.92. The second-order valence-corrected chi connectivity index (χ2v) is 4.92. The molecular weight excluding hydrogens is 274 g/mol. The van der Waals surface area contributed by atoms with E-state index in [9.17, 15) is 14.4 Å². The molecular formula is C14H21N3O4. The number of hydrogen-bond donors (Lipinski definition) is 0. The van der Waals surface area contributed by atoms with Gasteiger partial charge in [0, 0.05) is 27.3 Å². The Bertz CT molecular complexity index is 580. The summed E-state index contributed by atoms with van der Waals surface area (Å²) >= 11 is 0. The van der Waals surface area contributed by atoms with Crippen molar-refractivity contribution in [2.24, 2.45) is 0 Å². The van der Waals surface area contributed by atoms with E-state index < -0.39 is 6.04 Å². The number of rotatable bonds is 5. The van der Waals surface area contributed by atoms with Crippen LogP contribution in [0.2, 0.25) is 0 Å². The molecule has 0 radical (unpaired) electrons. The minimum absolute atomic E-state index is 0.141. The number of likely N-dealkylation sites (N-methyl/N-ethyl adjacent to an activating group) is 2. The number of methoxy groups -OCH3 is 1. The molecule has 1 aromatic rings. The molecule has 0 bridgehead atoms. The number of amides is 2. The molecule has 1 aromatic heterocycles. The SMILES string of the molecule is COc1cccn(CC(=O)N(C)[C@@H](C)C(=O)N(C)C)c1=O. The van der Waals surface area contributed by atoms with Gasteiger partial charge in [-0.05, 0) is 19.1 Å². The van der Waals surface area contributed by atoms with Crippen LogP contribution in [0.4, 0.5) is 0 Å². The lowest BCUT2D eigenvalue weighted by atomic mass is 10.2. The molecule has 0 N–H and O–H groups in total. The molecule has 0 unspecified atom stereocenters. The minimum atomic E-state index is -0.589. The highest BCUT2D eigenvalue weighted by atomic mass is 16.5. The third-order valence-electron chi connectivity index (χ3n) is 3.28. The zero-order valence-corrected chi connectivity index (χ0v) is 13.0. The molecule has 0 saturated heterocycles. The molecule has 0 aromatic carbocycles. The fraction of sp³-hybridized carbons (Fsp3) is 0.500. The largest absolute Gasteiger partial charge is 0.491 e. The number of pyridine rings is 1. The van der Waals surface area contributed by atoms with Gasteiger partial charge in [-0.2, -0.15) is 0 Å². The highest BCUT2D eigenvalue weighted by Crippen LogP contribution is 2.03. The molecule has 2 amide bonds. The maximum absolute atomic E-state index is 12.2. The lowest BCUT2D eigenvalue weighted by molar-refractivity contribution is -0.142. The molecule has 116 valence electrons. The first-order chi connectivity index (χ1) is 9.79. The van der Waals surface area contributed by atoms with E-state index >= 15 is 0 Å². The van der Waals surface area contributed by atoms with Gasteiger partial charge in [0.05, 0.1) is 7.11 Å². The van der Waals surface area contributed by atoms with E-state index in [1.54, 1.807) is 34.1 Å². The number of hydrogen-bond acceptors (Lipinski definition) is 4. The summed E-state index contributed by atoms with van der Waals surface area (Å²) in [5.41, 5.74) is -0.381. The third-order valence-corrected chi connectivity index (χ3v) is 3.28. The Kier molecular flexibility index (Phi) is 5.52. The first-order valence-electron chi connectivity index (χ1n) is 6.49. The van der Waals surface area contributed by atoms with Gasteiger partial charge in [0.15, 0.2) is 5.75 Å². The quantitative estimate of drug-likeness (QED) is 0.753. The Hall–Kier alpha value is -2.31. The Morgan fingerprint density at radius 1 is 1.33 bits per heavy atom. The van der Waals surface area contributed by atoms with Crippen molar-refractivity contribution in [3.63, 3.8) is 0 Å². The van der Waals surface area contributed by atoms with E-state index in [2.05, 4.69) is 0 Å². The van der Waals surface area contributed by atoms with Gasteiger partial charge in [-0.1, -0.05) is 0 Å². The van der Waals surface area contributed by atoms with Crippen molar-refractivity contribution < 1.29 is 14.3 Å². The lowest BCUT2D eigenvalue weighted by Gasteiger charge is -2.26. The second kappa shape index (κ2) is 6.92. The van der Waals surface area contributed by atoms with Crippen LogP contribution < -0.4 is 10.3 Å². The molecule has 21 heavy (non-hydrogen) atoms. The summed E-state index contributed by atoms with van der Waals surface area (Å²) in [4.78, 5) is 38.8. The predicted octanol–water partition coefficient (Wildman–Crippen LogP) is -0.208. The van der Waals surface area contributed by atoms with Crippen LogP contribution in [0.25, 0.3) is 0 Å². The van der Waals surface area contributed by atoms with E-state index in [0.29, 0.717) is 0 Å². The van der Waals surface area contributed by atoms with Gasteiger partial charge in [-0.15, -0.1) is 0 Å². The molecule has 0 aliphatic heterocycles. The minimum Gasteiger partial charge on any atom is -0.491 e. The Morgan fingerprint density at radius 3 is 2.48 bits per heavy atom. The van der Waals surface area contributed by atoms with Gasteiger partial charge < -0.3 is 19.1 Å². The average molecular weight is 295 g/mol. The highest BCUT2D eigenvalue weighted by molar-refractivity contribution is 5.86. The summed E-state index contributed by atoms with van der Waals surface area (Å²) < 4.78 is 6.18. The van der Waals surface area contributed by atoms with Crippen molar-refractivity contribution in [2.75, 3.05) is 28.3 Å². The Labute approximate surface area is 123 Å². The van der Waals surface area contributed by atoms with E-state index in [1.807, 2.05) is 0 Å². The van der Waals surface area contributed by atoms with Gasteiger partial charge >= 0.3 is 0 Å². The van der Waals surface area contributed by atoms with Crippen LogP contribution in [0, 0.1) is 0 Å². The van der Waals surface area contributed by atoms with Crippen LogP contribution in [-0.4, -0.2) is 60.5 Å². The van der Waals surface area contributed by atoms with Gasteiger partial charge in [-0.3, -0.25) is 14.4 Å². The fourth-order valence-corrected chi connectivity index (χ4v) is 1.81. The normalized spacial score (nSPS) is 11.7. The zero-order valence-electron chi connectivity index (χ0n) is 13.0. The van der Waals surface area contributed by atoms with Crippen molar-refractivity contribution >= 4 is 11.8 Å². The molecule has 7 heteroatoms. The van der Waals surface area contributed by atoms with Gasteiger partial charge in [-0.25, -0.2) is 0 Å². The average Bonchev–Trinajstić information content (AvgIpc) is 2.46. The first kappa shape index (κ1) is 16.7. The smallest absolute Gasteiger partial charge is 0.293 e. The van der Waals surface area contributed by atoms with E-state index in [4.69, 9.17) is 4.74 Å². The van der Waals surface area contributed by atoms with Crippen LogP contribution in [0.1, 0.15) is 6.92 Å². The van der Waals surface area contributed by atoms with E-state index in [-0.39, 0.29) is 29.7 Å². The number of nitrogens with zero attached hydrogens (tertiary/aromatic N) is 3. The van der Waals surface area contributed by atoms with Gasteiger partial charge in [0.25, 0.3) is 5.56 Å². The van der Waals surface area contributed by atoms with Crippen molar-refractivity contribution in [3.05, 3.63) is 28.7 Å². The number of carbonyl (C=O) groups excluding carboxylic acids is 2. The molecule has 0 saturated carbocycles. The van der Waals surface area contributed by atoms with E-state index in [1.165, 1.54) is 33.7 Å². The van der Waals surface area contributed by atoms with Gasteiger partial charge in [0.1, 0.15) is 12.6 Å². The number of ether oxygens (including phenoxy) is 1. The standard InChI is InChI=1S/C14H21N3O4/c1-10(13(19)15(2)3)16(4)12(18)9-17-8-6-7-11(21-5)14(17)20/h6-8,10H,9H2,1-5H3/t10-/m0/s1. The summed E-state index contributed by atoms with van der Waals surface area (Å²) in [6, 6.07) is 2.57. The van der Waals surface area contributed by atoms with Gasteiger partial charge in [0.2, 0.25) is 11.8 Å².